The van der Waals surface area contributed by atoms with Crippen molar-refractivity contribution in [2.45, 2.75) is 0 Å². The van der Waals surface area contributed by atoms with Crippen LogP contribution in [0.1, 0.15) is 0 Å². The Kier molecular flexibility index (Phi) is 2.88. The van der Waals surface area contributed by atoms with Gasteiger partial charge in [-0.15, -0.1) is 0 Å². The number of carbonyl (C=O) groups is 1. The molecule has 7 nitrogen and oxygen atoms in total. The summed E-state index contributed by atoms with van der Waals surface area (Å²) >= 11 is 0. The average Bonchev–Trinajstić information content (AvgIpc) is 2.78. The molecule has 0 fully saturated rings. The first-order chi connectivity index (χ1) is 8.60. The first kappa shape index (κ1) is 11.9. The molecule has 0 bridgehead atoms. The van der Waals surface area contributed by atoms with Gasteiger partial charge in [0.2, 0.25) is 17.2 Å². The summed E-state index contributed by atoms with van der Waals surface area (Å²) in [6.45, 7) is 0. The highest BCUT2D eigenvalue weighted by atomic mass is 16.7. The number of fused-ring (bicyclic) bond motifs is 1. The van der Waals surface area contributed by atoms with E-state index in [1.165, 1.54) is 20.5 Å². The molecule has 7 heteroatoms. The zero-order chi connectivity index (χ0) is 13.3. The van der Waals surface area contributed by atoms with E-state index in [1.807, 2.05) is 0 Å². The van der Waals surface area contributed by atoms with E-state index < -0.39 is 11.9 Å². The molecule has 1 aromatic heterocycles. The normalized spacial score (nSPS) is 10.3. The number of methoxy groups -OCH3 is 2. The second-order valence-electron chi connectivity index (χ2n) is 3.28. The Hall–Kier alpha value is -2.57. The van der Waals surface area contributed by atoms with Gasteiger partial charge in [-0.1, -0.05) is 0 Å². The number of ether oxygens (including phenoxy) is 3. The number of benzene rings is 1. The molecule has 0 saturated carbocycles. The lowest BCUT2D eigenvalue weighted by molar-refractivity contribution is 0.141. The molecule has 1 aromatic carbocycles. The lowest BCUT2D eigenvalue weighted by Gasteiger charge is -2.12. The van der Waals surface area contributed by atoms with Crippen LogP contribution in [-0.2, 0) is 0 Å². The predicted octanol–water partition coefficient (Wildman–Crippen LogP) is 2.21. The zero-order valence-corrected chi connectivity index (χ0v) is 9.59. The third kappa shape index (κ3) is 1.65. The molecule has 0 atom stereocenters. The van der Waals surface area contributed by atoms with E-state index in [4.69, 9.17) is 19.0 Å². The van der Waals surface area contributed by atoms with Gasteiger partial charge in [0.1, 0.15) is 0 Å². The van der Waals surface area contributed by atoms with Gasteiger partial charge < -0.3 is 28.8 Å². The van der Waals surface area contributed by atoms with Gasteiger partial charge in [-0.25, -0.2) is 4.79 Å². The van der Waals surface area contributed by atoms with Crippen molar-refractivity contribution in [1.29, 1.82) is 0 Å². The van der Waals surface area contributed by atoms with E-state index >= 15 is 0 Å². The summed E-state index contributed by atoms with van der Waals surface area (Å²) in [5, 5.41) is 19.0. The Balaban J connectivity index is 2.80. The Morgan fingerprint density at radius 3 is 2.44 bits per heavy atom. The van der Waals surface area contributed by atoms with Crippen molar-refractivity contribution in [3.63, 3.8) is 0 Å². The number of phenols is 1. The van der Waals surface area contributed by atoms with Crippen molar-refractivity contribution in [2.24, 2.45) is 0 Å². The van der Waals surface area contributed by atoms with Crippen molar-refractivity contribution >= 4 is 17.1 Å². The smallest absolute Gasteiger partial charge is 0.501 e. The summed E-state index contributed by atoms with van der Waals surface area (Å²) in [7, 11) is 2.64. The molecule has 0 saturated heterocycles. The van der Waals surface area contributed by atoms with Crippen LogP contribution in [0.3, 0.4) is 0 Å². The van der Waals surface area contributed by atoms with Gasteiger partial charge >= 0.3 is 6.16 Å². The van der Waals surface area contributed by atoms with Gasteiger partial charge in [0.05, 0.1) is 25.9 Å². The maximum Gasteiger partial charge on any atom is 0.511 e. The fourth-order valence-electron chi connectivity index (χ4n) is 1.68. The molecule has 2 rings (SSSR count). The molecule has 1 heterocycles. The van der Waals surface area contributed by atoms with Crippen molar-refractivity contribution in [3.8, 4) is 23.0 Å². The van der Waals surface area contributed by atoms with Crippen LogP contribution in [0, 0.1) is 0 Å². The first-order valence-corrected chi connectivity index (χ1v) is 4.85. The number of rotatable bonds is 3. The van der Waals surface area contributed by atoms with Crippen LogP contribution in [0.5, 0.6) is 23.0 Å². The van der Waals surface area contributed by atoms with Gasteiger partial charge in [0, 0.05) is 0 Å². The standard InChI is InChI=1S/C11H10O7/c1-15-7-5-3-4-17-8(5)9(16-2)6(12)10(7)18-11(13)14/h3-4,12H,1-2H3,(H,13,14). The second-order valence-corrected chi connectivity index (χ2v) is 3.28. The summed E-state index contributed by atoms with van der Waals surface area (Å²) in [6.07, 6.45) is -0.215. The molecule has 2 N–H and O–H groups in total. The lowest BCUT2D eigenvalue weighted by Crippen LogP contribution is -2.05. The molecule has 0 radical (unpaired) electrons. The molecule has 0 aliphatic heterocycles. The highest BCUT2D eigenvalue weighted by Crippen LogP contribution is 2.50. The molecule has 0 aliphatic rings. The number of hydrogen-bond acceptors (Lipinski definition) is 6. The van der Waals surface area contributed by atoms with Crippen molar-refractivity contribution < 1.29 is 33.6 Å². The first-order valence-electron chi connectivity index (χ1n) is 4.85. The minimum Gasteiger partial charge on any atom is -0.501 e. The molecule has 18 heavy (non-hydrogen) atoms. The van der Waals surface area contributed by atoms with E-state index in [0.717, 1.165) is 0 Å². The van der Waals surface area contributed by atoms with Crippen molar-refractivity contribution in [1.82, 2.24) is 0 Å². The van der Waals surface area contributed by atoms with Gasteiger partial charge in [-0.05, 0) is 6.07 Å². The molecule has 0 unspecified atom stereocenters. The van der Waals surface area contributed by atoms with Gasteiger partial charge in [-0.2, -0.15) is 0 Å². The fraction of sp³-hybridized carbons (Fsp3) is 0.182. The molecule has 96 valence electrons. The Bertz CT molecular complexity index is 599. The van der Waals surface area contributed by atoms with Gasteiger partial charge in [-0.3, -0.25) is 0 Å². The number of aromatic hydroxyl groups is 1. The van der Waals surface area contributed by atoms with Crippen LogP contribution in [0.4, 0.5) is 4.79 Å². The maximum absolute atomic E-state index is 10.6. The number of hydrogen-bond donors (Lipinski definition) is 2. The summed E-state index contributed by atoms with van der Waals surface area (Å²) in [4.78, 5) is 10.6. The molecular weight excluding hydrogens is 244 g/mol. The Morgan fingerprint density at radius 1 is 1.22 bits per heavy atom. The van der Waals surface area contributed by atoms with Crippen LogP contribution in [0.15, 0.2) is 16.7 Å². The maximum atomic E-state index is 10.6. The van der Waals surface area contributed by atoms with E-state index in [0.29, 0.717) is 5.39 Å². The molecule has 2 aromatic rings. The predicted molar refractivity (Wildman–Crippen MR) is 59.6 cm³/mol. The SMILES string of the molecule is COc1c(OC(=O)O)c(O)c(OC)c2occc12. The zero-order valence-electron chi connectivity index (χ0n) is 9.59. The van der Waals surface area contributed by atoms with Crippen LogP contribution >= 0.6 is 0 Å². The van der Waals surface area contributed by atoms with E-state index in [-0.39, 0.29) is 22.8 Å². The largest absolute Gasteiger partial charge is 0.511 e. The average molecular weight is 254 g/mol. The van der Waals surface area contributed by atoms with Crippen molar-refractivity contribution in [2.75, 3.05) is 14.2 Å². The molecule has 0 aliphatic carbocycles. The van der Waals surface area contributed by atoms with Crippen molar-refractivity contribution in [3.05, 3.63) is 12.3 Å². The molecule has 0 spiro atoms. The topological polar surface area (TPSA) is 98.4 Å². The van der Waals surface area contributed by atoms with E-state index in [1.54, 1.807) is 6.07 Å². The molecular formula is C11H10O7. The number of phenolic OH excluding ortho intramolecular Hbond substituents is 1. The summed E-state index contributed by atoms with van der Waals surface area (Å²) < 4.78 is 19.7. The third-order valence-corrected chi connectivity index (χ3v) is 2.35. The monoisotopic (exact) mass is 254 g/mol. The minimum atomic E-state index is -1.58. The van der Waals surface area contributed by atoms with Crippen LogP contribution < -0.4 is 14.2 Å². The number of carboxylic acid groups (broad SMARTS) is 1. The second kappa shape index (κ2) is 4.36. The highest BCUT2D eigenvalue weighted by Gasteiger charge is 2.25. The fourth-order valence-corrected chi connectivity index (χ4v) is 1.68. The van der Waals surface area contributed by atoms with Crippen LogP contribution in [-0.4, -0.2) is 30.6 Å². The molecule has 0 amide bonds. The quantitative estimate of drug-likeness (QED) is 0.639. The van der Waals surface area contributed by atoms with Gasteiger partial charge in [0.15, 0.2) is 11.3 Å². The highest BCUT2D eigenvalue weighted by molar-refractivity contribution is 5.95. The summed E-state index contributed by atoms with van der Waals surface area (Å²) in [6, 6.07) is 1.55. The summed E-state index contributed by atoms with van der Waals surface area (Å²) in [5.41, 5.74) is 0.240. The van der Waals surface area contributed by atoms with E-state index in [9.17, 15) is 9.90 Å². The van der Waals surface area contributed by atoms with E-state index in [2.05, 4.69) is 4.74 Å². The third-order valence-electron chi connectivity index (χ3n) is 2.35. The lowest BCUT2D eigenvalue weighted by atomic mass is 10.2. The number of furan rings is 1. The van der Waals surface area contributed by atoms with Crippen LogP contribution in [0.2, 0.25) is 0 Å². The Labute approximate surface area is 101 Å². The van der Waals surface area contributed by atoms with Crippen LogP contribution in [0.25, 0.3) is 11.0 Å². The summed E-state index contributed by atoms with van der Waals surface area (Å²) in [5.74, 6) is -0.804. The minimum absolute atomic E-state index is 0.0212. The Morgan fingerprint density at radius 2 is 1.89 bits per heavy atom. The van der Waals surface area contributed by atoms with Gasteiger partial charge in [0.25, 0.3) is 0 Å².